The molecule has 5 heteroatoms. The van der Waals surface area contributed by atoms with Gasteiger partial charge in [-0.1, -0.05) is 43.8 Å². The summed E-state index contributed by atoms with van der Waals surface area (Å²) < 4.78 is 2.30. The minimum absolute atomic E-state index is 0. The Balaban J connectivity index is 0.00000200. The maximum Gasteiger partial charge on any atom is 0.170 e. The largest absolute Gasteiger partial charge is 1.00 e. The monoisotopic (exact) mass is 310 g/mol. The number of benzene rings is 1. The smallest absolute Gasteiger partial charge is 0.170 e. The lowest BCUT2D eigenvalue weighted by atomic mass is 10.3. The van der Waals surface area contributed by atoms with E-state index in [-0.39, 0.29) is 12.4 Å². The second-order valence-corrected chi connectivity index (χ2v) is 5.34. The summed E-state index contributed by atoms with van der Waals surface area (Å²) in [5.74, 6) is 0.890. The Morgan fingerprint density at radius 1 is 1.30 bits per heavy atom. The van der Waals surface area contributed by atoms with Crippen LogP contribution in [0.4, 0.5) is 0 Å². The van der Waals surface area contributed by atoms with Crippen LogP contribution in [-0.2, 0) is 6.67 Å². The molecule has 2 aromatic rings. The van der Waals surface area contributed by atoms with Gasteiger partial charge in [0.2, 0.25) is 0 Å². The zero-order chi connectivity index (χ0) is 13.7. The molecule has 1 aromatic heterocycles. The van der Waals surface area contributed by atoms with E-state index in [0.717, 1.165) is 36.2 Å². The summed E-state index contributed by atoms with van der Waals surface area (Å²) >= 11 is 1.74. The van der Waals surface area contributed by atoms with E-state index in [1.165, 1.54) is 5.52 Å². The molecule has 1 aromatic carbocycles. The summed E-state index contributed by atoms with van der Waals surface area (Å²) in [7, 11) is 0. The van der Waals surface area contributed by atoms with E-state index >= 15 is 0 Å². The predicted molar refractivity (Wildman–Crippen MR) is 83.6 cm³/mol. The summed E-state index contributed by atoms with van der Waals surface area (Å²) in [6, 6.07) is 8.33. The summed E-state index contributed by atoms with van der Waals surface area (Å²) in [5.41, 5.74) is 2.28. The van der Waals surface area contributed by atoms with Gasteiger partial charge in [-0.2, -0.15) is 0 Å². The van der Waals surface area contributed by atoms with Gasteiger partial charge in [-0.3, -0.25) is 4.90 Å². The van der Waals surface area contributed by atoms with Crippen LogP contribution in [0.15, 0.2) is 42.1 Å². The average molecular weight is 311 g/mol. The molecule has 1 heterocycles. The molecule has 0 aliphatic carbocycles. The van der Waals surface area contributed by atoms with Crippen LogP contribution in [0, 0.1) is 0 Å². The molecule has 0 saturated carbocycles. The van der Waals surface area contributed by atoms with Crippen LogP contribution in [0.1, 0.15) is 13.8 Å². The summed E-state index contributed by atoms with van der Waals surface area (Å²) in [6.07, 6.45) is 1.92. The van der Waals surface area contributed by atoms with Crippen LogP contribution in [0.25, 0.3) is 11.0 Å². The molecule has 0 fully saturated rings. The number of hydrogen-bond donors (Lipinski definition) is 0. The Kier molecular flexibility index (Phi) is 7.13. The first-order chi connectivity index (χ1) is 9.30. The molecule has 0 atom stereocenters. The van der Waals surface area contributed by atoms with E-state index in [1.54, 1.807) is 11.8 Å². The van der Waals surface area contributed by atoms with Gasteiger partial charge in [-0.15, -0.1) is 6.58 Å². The van der Waals surface area contributed by atoms with Gasteiger partial charge >= 0.3 is 0 Å². The molecule has 0 N–H and O–H groups in total. The average Bonchev–Trinajstić information content (AvgIpc) is 2.80. The highest BCUT2D eigenvalue weighted by Gasteiger charge is 2.12. The van der Waals surface area contributed by atoms with E-state index in [9.17, 15) is 0 Å². The van der Waals surface area contributed by atoms with Gasteiger partial charge < -0.3 is 17.0 Å². The molecule has 20 heavy (non-hydrogen) atoms. The SMILES string of the molecule is C=CCSc1nc2ccccc2n1CN(CC)CC.[Cl-]. The lowest BCUT2D eigenvalue weighted by Crippen LogP contribution is -3.00. The Labute approximate surface area is 131 Å². The molecule has 110 valence electrons. The van der Waals surface area contributed by atoms with Crippen molar-refractivity contribution < 1.29 is 12.4 Å². The lowest BCUT2D eigenvalue weighted by molar-refractivity contribution is -0.00000403. The molecule has 0 bridgehead atoms. The number of rotatable bonds is 7. The minimum atomic E-state index is 0. The molecule has 2 rings (SSSR count). The standard InChI is InChI=1S/C15H21N3S.ClH/c1-4-11-19-15-16-13-9-7-8-10-14(13)18(15)12-17(5-2)6-3;/h4,7-10H,1,5-6,11-12H2,2-3H3;1H/p-1. The molecule has 0 aliphatic heterocycles. The molecule has 0 aliphatic rings. The van der Waals surface area contributed by atoms with Crippen molar-refractivity contribution in [3.05, 3.63) is 36.9 Å². The second-order valence-electron chi connectivity index (χ2n) is 4.36. The Hall–Kier alpha value is -0.970. The third-order valence-electron chi connectivity index (χ3n) is 3.19. The first kappa shape index (κ1) is 17.1. The Bertz CT molecular complexity index is 549. The molecule has 0 amide bonds. The van der Waals surface area contributed by atoms with Gasteiger partial charge in [-0.25, -0.2) is 4.98 Å². The molecule has 0 spiro atoms. The Morgan fingerprint density at radius 2 is 2.00 bits per heavy atom. The topological polar surface area (TPSA) is 21.1 Å². The first-order valence-electron chi connectivity index (χ1n) is 6.71. The molecule has 0 saturated heterocycles. The maximum absolute atomic E-state index is 4.72. The highest BCUT2D eigenvalue weighted by atomic mass is 35.5. The van der Waals surface area contributed by atoms with E-state index in [4.69, 9.17) is 4.98 Å². The van der Waals surface area contributed by atoms with Crippen molar-refractivity contribution in [3.63, 3.8) is 0 Å². The van der Waals surface area contributed by atoms with Crippen molar-refractivity contribution in [3.8, 4) is 0 Å². The zero-order valence-electron chi connectivity index (χ0n) is 12.1. The zero-order valence-corrected chi connectivity index (χ0v) is 13.6. The minimum Gasteiger partial charge on any atom is -1.00 e. The number of imidazole rings is 1. The van der Waals surface area contributed by atoms with Crippen LogP contribution < -0.4 is 12.4 Å². The maximum atomic E-state index is 4.72. The molecule has 0 radical (unpaired) electrons. The van der Waals surface area contributed by atoms with Crippen molar-refractivity contribution in [2.24, 2.45) is 0 Å². The van der Waals surface area contributed by atoms with Crippen molar-refractivity contribution in [2.45, 2.75) is 25.7 Å². The quantitative estimate of drug-likeness (QED) is 0.552. The van der Waals surface area contributed by atoms with Crippen molar-refractivity contribution in [2.75, 3.05) is 18.8 Å². The number of hydrogen-bond acceptors (Lipinski definition) is 3. The van der Waals surface area contributed by atoms with Gasteiger partial charge in [0, 0.05) is 5.75 Å². The Morgan fingerprint density at radius 3 is 2.65 bits per heavy atom. The number of aromatic nitrogens is 2. The van der Waals surface area contributed by atoms with Crippen LogP contribution >= 0.6 is 11.8 Å². The fourth-order valence-corrected chi connectivity index (χ4v) is 2.80. The summed E-state index contributed by atoms with van der Waals surface area (Å²) in [6.45, 7) is 11.2. The van der Waals surface area contributed by atoms with Crippen LogP contribution in [-0.4, -0.2) is 33.3 Å². The van der Waals surface area contributed by atoms with Crippen LogP contribution in [0.3, 0.4) is 0 Å². The van der Waals surface area contributed by atoms with Gasteiger partial charge in [-0.05, 0) is 25.2 Å². The number of thioether (sulfide) groups is 1. The molecule has 3 nitrogen and oxygen atoms in total. The first-order valence-corrected chi connectivity index (χ1v) is 7.70. The number of fused-ring (bicyclic) bond motifs is 1. The third-order valence-corrected chi connectivity index (χ3v) is 4.16. The van der Waals surface area contributed by atoms with Gasteiger partial charge in [0.25, 0.3) is 0 Å². The van der Waals surface area contributed by atoms with Crippen LogP contribution in [0.5, 0.6) is 0 Å². The fourth-order valence-electron chi connectivity index (χ4n) is 2.06. The van der Waals surface area contributed by atoms with E-state index in [2.05, 4.69) is 48.1 Å². The normalized spacial score (nSPS) is 10.8. The van der Waals surface area contributed by atoms with Gasteiger partial charge in [0.05, 0.1) is 17.7 Å². The van der Waals surface area contributed by atoms with Crippen LogP contribution in [0.2, 0.25) is 0 Å². The highest BCUT2D eigenvalue weighted by Crippen LogP contribution is 2.24. The molecule has 0 unspecified atom stereocenters. The molecular formula is C15H21ClN3S-. The van der Waals surface area contributed by atoms with Gasteiger partial charge in [0.15, 0.2) is 5.16 Å². The fraction of sp³-hybridized carbons (Fsp3) is 0.400. The number of nitrogens with zero attached hydrogens (tertiary/aromatic N) is 3. The summed E-state index contributed by atoms with van der Waals surface area (Å²) in [4.78, 5) is 7.12. The highest BCUT2D eigenvalue weighted by molar-refractivity contribution is 7.99. The molecular weight excluding hydrogens is 290 g/mol. The van der Waals surface area contributed by atoms with E-state index in [1.807, 2.05) is 12.1 Å². The van der Waals surface area contributed by atoms with E-state index < -0.39 is 0 Å². The second kappa shape index (κ2) is 8.35. The van der Waals surface area contributed by atoms with Crippen molar-refractivity contribution >= 4 is 22.8 Å². The number of para-hydroxylation sites is 2. The van der Waals surface area contributed by atoms with E-state index in [0.29, 0.717) is 0 Å². The van der Waals surface area contributed by atoms with Gasteiger partial charge in [0.1, 0.15) is 0 Å². The van der Waals surface area contributed by atoms with Crippen molar-refractivity contribution in [1.82, 2.24) is 14.5 Å². The third kappa shape index (κ3) is 3.78. The number of halogens is 1. The summed E-state index contributed by atoms with van der Waals surface area (Å²) in [5, 5.41) is 1.08. The van der Waals surface area contributed by atoms with Crippen molar-refractivity contribution in [1.29, 1.82) is 0 Å². The predicted octanol–water partition coefficient (Wildman–Crippen LogP) is 0.618. The lowest BCUT2D eigenvalue weighted by Gasteiger charge is -2.20.